The molecule has 0 bridgehead atoms. The van der Waals surface area contributed by atoms with Crippen molar-refractivity contribution in [1.82, 2.24) is 5.32 Å². The molecule has 0 aromatic heterocycles. The summed E-state index contributed by atoms with van der Waals surface area (Å²) in [4.78, 5) is 11.2. The van der Waals surface area contributed by atoms with Crippen molar-refractivity contribution >= 4 is 5.91 Å². The first kappa shape index (κ1) is 11.8. The van der Waals surface area contributed by atoms with E-state index in [-0.39, 0.29) is 18.1 Å². The van der Waals surface area contributed by atoms with Crippen LogP contribution < -0.4 is 11.1 Å². The number of hydrogen-bond donors (Lipinski definition) is 2. The van der Waals surface area contributed by atoms with Crippen molar-refractivity contribution in [1.29, 1.82) is 0 Å². The van der Waals surface area contributed by atoms with E-state index in [1.807, 2.05) is 0 Å². The van der Waals surface area contributed by atoms with Crippen molar-refractivity contribution in [3.05, 3.63) is 0 Å². The lowest BCUT2D eigenvalue weighted by molar-refractivity contribution is -0.120. The lowest BCUT2D eigenvalue weighted by Gasteiger charge is -2.16. The van der Waals surface area contributed by atoms with Crippen LogP contribution in [0.15, 0.2) is 0 Å². The second-order valence-corrected chi connectivity index (χ2v) is 4.54. The Kier molecular flexibility index (Phi) is 4.15. The maximum absolute atomic E-state index is 11.2. The Labute approximate surface area is 95.7 Å². The van der Waals surface area contributed by atoms with Crippen LogP contribution in [-0.2, 0) is 14.3 Å². The van der Waals surface area contributed by atoms with Gasteiger partial charge in [-0.3, -0.25) is 4.79 Å². The monoisotopic (exact) mass is 228 g/mol. The van der Waals surface area contributed by atoms with Gasteiger partial charge in [-0.1, -0.05) is 0 Å². The first-order valence-corrected chi connectivity index (χ1v) is 6.00. The van der Waals surface area contributed by atoms with Crippen LogP contribution in [-0.4, -0.2) is 43.9 Å². The van der Waals surface area contributed by atoms with Crippen LogP contribution in [0.2, 0.25) is 0 Å². The number of primary amides is 1. The van der Waals surface area contributed by atoms with E-state index >= 15 is 0 Å². The van der Waals surface area contributed by atoms with Gasteiger partial charge in [0.05, 0.1) is 18.8 Å². The van der Waals surface area contributed by atoms with Crippen LogP contribution in [0.3, 0.4) is 0 Å². The first-order valence-electron chi connectivity index (χ1n) is 6.00. The molecule has 1 saturated carbocycles. The highest BCUT2D eigenvalue weighted by Crippen LogP contribution is 2.20. The van der Waals surface area contributed by atoms with Crippen molar-refractivity contribution in [2.45, 2.75) is 43.9 Å². The molecule has 0 spiro atoms. The van der Waals surface area contributed by atoms with Crippen molar-refractivity contribution in [2.75, 3.05) is 19.8 Å². The van der Waals surface area contributed by atoms with Gasteiger partial charge in [-0.15, -0.1) is 0 Å². The van der Waals surface area contributed by atoms with Gasteiger partial charge in [0.2, 0.25) is 5.91 Å². The summed E-state index contributed by atoms with van der Waals surface area (Å²) >= 11 is 0. The molecule has 1 heterocycles. The Morgan fingerprint density at radius 1 is 1.50 bits per heavy atom. The molecule has 16 heavy (non-hydrogen) atoms. The molecule has 2 unspecified atom stereocenters. The molecule has 0 aromatic rings. The second-order valence-electron chi connectivity index (χ2n) is 4.54. The fourth-order valence-corrected chi connectivity index (χ4v) is 1.84. The molecular formula is C11H20N2O3. The number of carbonyl (C=O) groups is 1. The van der Waals surface area contributed by atoms with Gasteiger partial charge in [-0.25, -0.2) is 0 Å². The molecule has 0 aromatic carbocycles. The summed E-state index contributed by atoms with van der Waals surface area (Å²) < 4.78 is 10.8. The highest BCUT2D eigenvalue weighted by molar-refractivity contribution is 5.79. The van der Waals surface area contributed by atoms with Crippen molar-refractivity contribution in [3.63, 3.8) is 0 Å². The van der Waals surface area contributed by atoms with Crippen LogP contribution >= 0.6 is 0 Å². The summed E-state index contributed by atoms with van der Waals surface area (Å²) in [5.74, 6) is -0.279. The van der Waals surface area contributed by atoms with Gasteiger partial charge < -0.3 is 20.5 Å². The zero-order valence-electron chi connectivity index (χ0n) is 9.48. The minimum Gasteiger partial charge on any atom is -0.379 e. The van der Waals surface area contributed by atoms with Crippen molar-refractivity contribution in [2.24, 2.45) is 5.73 Å². The van der Waals surface area contributed by atoms with Gasteiger partial charge in [0.25, 0.3) is 0 Å². The SMILES string of the molecule is NC(=O)C(CCOC1CCOC1)NC1CC1. The molecule has 2 atom stereocenters. The number of rotatable bonds is 7. The molecule has 5 nitrogen and oxygen atoms in total. The fraction of sp³-hybridized carbons (Fsp3) is 0.909. The third-order valence-corrected chi connectivity index (χ3v) is 3.01. The molecule has 2 rings (SSSR count). The topological polar surface area (TPSA) is 73.6 Å². The molecule has 1 aliphatic heterocycles. The van der Waals surface area contributed by atoms with Crippen LogP contribution in [0.1, 0.15) is 25.7 Å². The smallest absolute Gasteiger partial charge is 0.234 e. The Balaban J connectivity index is 1.62. The van der Waals surface area contributed by atoms with E-state index in [2.05, 4.69) is 5.32 Å². The molecule has 2 aliphatic rings. The molecule has 92 valence electrons. The van der Waals surface area contributed by atoms with Crippen LogP contribution in [0.4, 0.5) is 0 Å². The number of nitrogens with two attached hydrogens (primary N) is 1. The molecule has 3 N–H and O–H groups in total. The average Bonchev–Trinajstić information content (AvgIpc) is 2.91. The first-order chi connectivity index (χ1) is 7.75. The van der Waals surface area contributed by atoms with Crippen molar-refractivity contribution in [3.8, 4) is 0 Å². The molecule has 1 aliphatic carbocycles. The van der Waals surface area contributed by atoms with E-state index in [9.17, 15) is 4.79 Å². The minimum atomic E-state index is -0.279. The van der Waals surface area contributed by atoms with E-state index in [1.54, 1.807) is 0 Å². The quantitative estimate of drug-likeness (QED) is 0.632. The summed E-state index contributed by atoms with van der Waals surface area (Å²) in [6.45, 7) is 2.03. The largest absolute Gasteiger partial charge is 0.379 e. The van der Waals surface area contributed by atoms with E-state index in [1.165, 1.54) is 0 Å². The number of amides is 1. The second kappa shape index (κ2) is 5.61. The molecule has 1 saturated heterocycles. The molecular weight excluding hydrogens is 208 g/mol. The standard InChI is InChI=1S/C11H20N2O3/c12-11(14)10(13-8-1-2-8)4-6-16-9-3-5-15-7-9/h8-10,13H,1-7H2,(H2,12,14). The average molecular weight is 228 g/mol. The van der Waals surface area contributed by atoms with Gasteiger partial charge in [-0.2, -0.15) is 0 Å². The molecule has 2 fully saturated rings. The summed E-state index contributed by atoms with van der Waals surface area (Å²) in [5, 5.41) is 3.23. The van der Waals surface area contributed by atoms with E-state index in [0.717, 1.165) is 25.9 Å². The van der Waals surface area contributed by atoms with Gasteiger partial charge in [0.1, 0.15) is 0 Å². The van der Waals surface area contributed by atoms with Gasteiger partial charge >= 0.3 is 0 Å². The van der Waals surface area contributed by atoms with E-state index in [4.69, 9.17) is 15.2 Å². The fourth-order valence-electron chi connectivity index (χ4n) is 1.84. The zero-order valence-corrected chi connectivity index (χ0v) is 9.48. The van der Waals surface area contributed by atoms with Crippen LogP contribution in [0.5, 0.6) is 0 Å². The predicted molar refractivity (Wildman–Crippen MR) is 58.9 cm³/mol. The Morgan fingerprint density at radius 3 is 2.88 bits per heavy atom. The van der Waals surface area contributed by atoms with Crippen molar-refractivity contribution < 1.29 is 14.3 Å². The number of nitrogens with one attached hydrogen (secondary N) is 1. The number of ether oxygens (including phenoxy) is 2. The maximum atomic E-state index is 11.2. The highest BCUT2D eigenvalue weighted by atomic mass is 16.5. The lowest BCUT2D eigenvalue weighted by Crippen LogP contribution is -2.43. The minimum absolute atomic E-state index is 0.203. The Bertz CT molecular complexity index is 237. The van der Waals surface area contributed by atoms with Gasteiger partial charge in [0, 0.05) is 19.3 Å². The molecule has 5 heteroatoms. The van der Waals surface area contributed by atoms with Crippen LogP contribution in [0.25, 0.3) is 0 Å². The third kappa shape index (κ3) is 3.73. The third-order valence-electron chi connectivity index (χ3n) is 3.01. The summed E-state index contributed by atoms with van der Waals surface area (Å²) in [7, 11) is 0. The van der Waals surface area contributed by atoms with Crippen LogP contribution in [0, 0.1) is 0 Å². The Morgan fingerprint density at radius 2 is 2.31 bits per heavy atom. The number of hydrogen-bond acceptors (Lipinski definition) is 4. The maximum Gasteiger partial charge on any atom is 0.234 e. The lowest BCUT2D eigenvalue weighted by atomic mass is 10.2. The molecule has 1 amide bonds. The highest BCUT2D eigenvalue weighted by Gasteiger charge is 2.27. The van der Waals surface area contributed by atoms with Gasteiger partial charge in [0.15, 0.2) is 0 Å². The van der Waals surface area contributed by atoms with E-state index < -0.39 is 0 Å². The predicted octanol–water partition coefficient (Wildman–Crippen LogP) is -0.212. The zero-order chi connectivity index (χ0) is 11.4. The normalized spacial score (nSPS) is 26.9. The van der Waals surface area contributed by atoms with Gasteiger partial charge in [-0.05, 0) is 25.7 Å². The van der Waals surface area contributed by atoms with E-state index in [0.29, 0.717) is 25.7 Å². The summed E-state index contributed by atoms with van der Waals surface area (Å²) in [6.07, 6.45) is 4.12. The summed E-state index contributed by atoms with van der Waals surface area (Å²) in [6, 6.07) is 0.252. The molecule has 0 radical (unpaired) electrons. The Hall–Kier alpha value is -0.650. The number of carbonyl (C=O) groups excluding carboxylic acids is 1. The summed E-state index contributed by atoms with van der Waals surface area (Å²) in [5.41, 5.74) is 5.33.